The molecule has 0 aliphatic carbocycles. The summed E-state index contributed by atoms with van der Waals surface area (Å²) >= 11 is 0. The maximum absolute atomic E-state index is 6.06. The molecule has 3 fully saturated rings. The van der Waals surface area contributed by atoms with Crippen LogP contribution in [-0.2, 0) is 28.4 Å². The number of ether oxygens (including phenoxy) is 6. The average molecular weight is 655 g/mol. The highest BCUT2D eigenvalue weighted by molar-refractivity contribution is 5.18. The van der Waals surface area contributed by atoms with Gasteiger partial charge < -0.3 is 28.4 Å². The summed E-state index contributed by atoms with van der Waals surface area (Å²) in [4.78, 5) is 0. The molecule has 8 atom stereocenters. The first-order valence-electron chi connectivity index (χ1n) is 18.1. The minimum atomic E-state index is -0.399. The largest absolute Gasteiger partial charge is 0.344 e. The maximum Gasteiger partial charge on any atom is 0.184 e. The smallest absolute Gasteiger partial charge is 0.184 e. The fourth-order valence-electron chi connectivity index (χ4n) is 6.47. The Hall–Kier alpha value is -1.80. The molecule has 2 aromatic rings. The summed E-state index contributed by atoms with van der Waals surface area (Å²) in [5, 5.41) is 0. The molecule has 0 spiro atoms. The van der Waals surface area contributed by atoms with Crippen LogP contribution in [0.15, 0.2) is 60.7 Å². The fraction of sp³-hybridized carbons (Fsp3) is 0.707. The molecule has 2 unspecified atom stereocenters. The van der Waals surface area contributed by atoms with Crippen molar-refractivity contribution < 1.29 is 28.4 Å². The van der Waals surface area contributed by atoms with Gasteiger partial charge in [0, 0.05) is 11.1 Å². The Kier molecular flexibility index (Phi) is 15.0. The average Bonchev–Trinajstić information content (AvgIpc) is 3.74. The molecule has 3 saturated heterocycles. The number of hydrogen-bond donors (Lipinski definition) is 0. The van der Waals surface area contributed by atoms with Crippen molar-refractivity contribution in [3.63, 3.8) is 0 Å². The normalized spacial score (nSPS) is 30.3. The highest BCUT2D eigenvalue weighted by atomic mass is 16.8. The number of benzene rings is 2. The third kappa shape index (κ3) is 11.1. The molecular weight excluding hydrogens is 588 g/mol. The Morgan fingerprint density at radius 2 is 0.617 bits per heavy atom. The molecule has 0 saturated carbocycles. The van der Waals surface area contributed by atoms with E-state index in [1.165, 1.54) is 0 Å². The zero-order valence-electron chi connectivity index (χ0n) is 31.8. The maximum atomic E-state index is 6.06. The molecule has 0 N–H and O–H groups in total. The Morgan fingerprint density at radius 3 is 0.830 bits per heavy atom. The lowest BCUT2D eigenvalue weighted by Crippen LogP contribution is -2.31. The van der Waals surface area contributed by atoms with Gasteiger partial charge in [-0.25, -0.2) is 0 Å². The second-order valence-electron chi connectivity index (χ2n) is 15.9. The van der Waals surface area contributed by atoms with Crippen LogP contribution in [0.1, 0.15) is 121 Å². The summed E-state index contributed by atoms with van der Waals surface area (Å²) < 4.78 is 36.0. The predicted octanol–water partition coefficient (Wildman–Crippen LogP) is 10.4. The first-order valence-corrected chi connectivity index (χ1v) is 18.1. The van der Waals surface area contributed by atoms with Gasteiger partial charge in [-0.1, -0.05) is 144 Å². The molecule has 6 heteroatoms. The molecule has 0 radical (unpaired) electrons. The molecule has 0 aromatic heterocycles. The van der Waals surface area contributed by atoms with Crippen LogP contribution in [0.25, 0.3) is 0 Å². The molecule has 3 aliphatic heterocycles. The van der Waals surface area contributed by atoms with Crippen LogP contribution in [0, 0.1) is 35.5 Å². The molecular formula is C41H66O6. The summed E-state index contributed by atoms with van der Waals surface area (Å²) in [6.45, 7) is 30.3. The first kappa shape index (κ1) is 39.6. The Labute approximate surface area is 287 Å². The third-order valence-corrected chi connectivity index (χ3v) is 9.02. The van der Waals surface area contributed by atoms with E-state index in [0.717, 1.165) is 11.1 Å². The summed E-state index contributed by atoms with van der Waals surface area (Å²) in [5.41, 5.74) is 2.22. The molecule has 47 heavy (non-hydrogen) atoms. The molecule has 2 aromatic carbocycles. The summed E-state index contributed by atoms with van der Waals surface area (Å²) in [5.74, 6) is 2.58. The zero-order chi connectivity index (χ0) is 35.1. The van der Waals surface area contributed by atoms with Crippen molar-refractivity contribution in [2.75, 3.05) is 0 Å². The topological polar surface area (TPSA) is 55.4 Å². The van der Waals surface area contributed by atoms with E-state index in [2.05, 4.69) is 107 Å². The summed E-state index contributed by atoms with van der Waals surface area (Å²) in [6, 6.07) is 20.4. The standard InChI is InChI=1S/2C15H22O2.C11H22O2/c2*1-10(2)13-14(11(3)4)17-15(16-13)12-8-6-5-7-9-12;1-7(2)9-10(8(3)4)13-11(5,6)12-9/h2*5-11,13-15H,1-4H3;7-10H,1-6H3/t2*13-,14+,15?;9-,10+. The minimum Gasteiger partial charge on any atom is -0.344 e. The van der Waals surface area contributed by atoms with E-state index in [4.69, 9.17) is 28.4 Å². The van der Waals surface area contributed by atoms with Crippen molar-refractivity contribution in [3.05, 3.63) is 71.8 Å². The van der Waals surface area contributed by atoms with Gasteiger partial charge in [0.05, 0.1) is 36.6 Å². The van der Waals surface area contributed by atoms with Crippen molar-refractivity contribution in [2.24, 2.45) is 35.5 Å². The number of rotatable bonds is 8. The third-order valence-electron chi connectivity index (χ3n) is 9.02. The van der Waals surface area contributed by atoms with E-state index in [1.54, 1.807) is 0 Å². The quantitative estimate of drug-likeness (QED) is 0.282. The van der Waals surface area contributed by atoms with E-state index >= 15 is 0 Å². The molecule has 3 aliphatic rings. The van der Waals surface area contributed by atoms with Gasteiger partial charge >= 0.3 is 0 Å². The molecule has 6 nitrogen and oxygen atoms in total. The van der Waals surface area contributed by atoms with E-state index in [9.17, 15) is 0 Å². The molecule has 0 amide bonds. The molecule has 266 valence electrons. The SMILES string of the molecule is CC(C)[C@H]1OC(C)(C)O[C@H]1C(C)C.CC(C)[C@H]1OC(c2ccccc2)O[C@H]1C(C)C.CC(C)[C@H]1OC(c2ccccc2)O[C@H]1C(C)C. The van der Waals surface area contributed by atoms with Gasteiger partial charge in [-0.15, -0.1) is 0 Å². The Balaban J connectivity index is 0.000000194. The van der Waals surface area contributed by atoms with Crippen LogP contribution in [0.4, 0.5) is 0 Å². The van der Waals surface area contributed by atoms with Gasteiger partial charge in [0.25, 0.3) is 0 Å². The van der Waals surface area contributed by atoms with E-state index < -0.39 is 5.79 Å². The Bertz CT molecular complexity index is 1020. The van der Waals surface area contributed by atoms with E-state index in [-0.39, 0.29) is 49.2 Å². The van der Waals surface area contributed by atoms with Crippen LogP contribution in [-0.4, -0.2) is 42.4 Å². The lowest BCUT2D eigenvalue weighted by molar-refractivity contribution is -0.152. The van der Waals surface area contributed by atoms with Gasteiger partial charge in [0.15, 0.2) is 18.4 Å². The lowest BCUT2D eigenvalue weighted by atomic mass is 9.94. The van der Waals surface area contributed by atoms with Gasteiger partial charge in [-0.2, -0.15) is 0 Å². The fourth-order valence-corrected chi connectivity index (χ4v) is 6.47. The Morgan fingerprint density at radius 1 is 0.383 bits per heavy atom. The second kappa shape index (κ2) is 17.7. The van der Waals surface area contributed by atoms with Crippen LogP contribution in [0.2, 0.25) is 0 Å². The summed E-state index contributed by atoms with van der Waals surface area (Å²) in [6.07, 6.45) is 0.873. The van der Waals surface area contributed by atoms with Crippen LogP contribution >= 0.6 is 0 Å². The lowest BCUT2D eigenvalue weighted by Gasteiger charge is -2.22. The second-order valence-corrected chi connectivity index (χ2v) is 15.9. The predicted molar refractivity (Wildman–Crippen MR) is 191 cm³/mol. The number of hydrogen-bond acceptors (Lipinski definition) is 6. The van der Waals surface area contributed by atoms with Crippen molar-refractivity contribution in [1.82, 2.24) is 0 Å². The van der Waals surface area contributed by atoms with Crippen molar-refractivity contribution in [2.45, 2.75) is 152 Å². The highest BCUT2D eigenvalue weighted by Crippen LogP contribution is 2.39. The molecule has 0 bridgehead atoms. The van der Waals surface area contributed by atoms with Crippen molar-refractivity contribution in [3.8, 4) is 0 Å². The van der Waals surface area contributed by atoms with Crippen LogP contribution < -0.4 is 0 Å². The van der Waals surface area contributed by atoms with Gasteiger partial charge in [0.1, 0.15) is 0 Å². The van der Waals surface area contributed by atoms with Crippen molar-refractivity contribution >= 4 is 0 Å². The minimum absolute atomic E-state index is 0.195. The van der Waals surface area contributed by atoms with Gasteiger partial charge in [0.2, 0.25) is 0 Å². The molecule has 5 rings (SSSR count). The highest BCUT2D eigenvalue weighted by Gasteiger charge is 2.44. The molecule has 3 heterocycles. The zero-order valence-corrected chi connectivity index (χ0v) is 31.8. The van der Waals surface area contributed by atoms with Crippen LogP contribution in [0.5, 0.6) is 0 Å². The van der Waals surface area contributed by atoms with Crippen molar-refractivity contribution in [1.29, 1.82) is 0 Å². The van der Waals surface area contributed by atoms with Gasteiger partial charge in [-0.3, -0.25) is 0 Å². The van der Waals surface area contributed by atoms with Crippen LogP contribution in [0.3, 0.4) is 0 Å². The monoisotopic (exact) mass is 654 g/mol. The van der Waals surface area contributed by atoms with E-state index in [0.29, 0.717) is 35.5 Å². The summed E-state index contributed by atoms with van der Waals surface area (Å²) in [7, 11) is 0. The van der Waals surface area contributed by atoms with E-state index in [1.807, 2.05) is 50.2 Å². The first-order chi connectivity index (χ1) is 22.0. The van der Waals surface area contributed by atoms with Gasteiger partial charge in [-0.05, 0) is 49.4 Å².